The van der Waals surface area contributed by atoms with Gasteiger partial charge in [0.25, 0.3) is 0 Å². The molecule has 1 aromatic carbocycles. The van der Waals surface area contributed by atoms with E-state index in [0.717, 1.165) is 16.5 Å². The number of rotatable bonds is 2. The molecule has 1 heterocycles. The number of aliphatic carboxylic acids is 1. The van der Waals surface area contributed by atoms with Gasteiger partial charge < -0.3 is 10.1 Å². The molecule has 0 amide bonds. The van der Waals surface area contributed by atoms with Crippen LogP contribution in [0.3, 0.4) is 0 Å². The Bertz CT molecular complexity index is 615. The van der Waals surface area contributed by atoms with Crippen molar-refractivity contribution < 1.29 is 9.90 Å². The smallest absolute Gasteiger partial charge is 0.332 e. The molecule has 3 heteroatoms. The highest BCUT2D eigenvalue weighted by atomic mass is 16.4. The zero-order valence-corrected chi connectivity index (χ0v) is 10.8. The van der Waals surface area contributed by atoms with E-state index in [1.54, 1.807) is 6.08 Å². The number of hydrogen-bond donors (Lipinski definition) is 2. The molecule has 0 aliphatic heterocycles. The van der Waals surface area contributed by atoms with E-state index in [1.165, 1.54) is 0 Å². The molecular weight excluding hydrogens is 226 g/mol. The summed E-state index contributed by atoms with van der Waals surface area (Å²) >= 11 is 0. The Balaban J connectivity index is 2.60. The number of H-pyrrole nitrogens is 1. The van der Waals surface area contributed by atoms with Crippen LogP contribution in [0.25, 0.3) is 17.0 Å². The number of nitrogens with one attached hydrogen (secondary N) is 1. The van der Waals surface area contributed by atoms with Crippen LogP contribution < -0.4 is 0 Å². The van der Waals surface area contributed by atoms with E-state index in [-0.39, 0.29) is 5.41 Å². The molecule has 0 fully saturated rings. The molecule has 0 unspecified atom stereocenters. The van der Waals surface area contributed by atoms with Crippen LogP contribution in [0.1, 0.15) is 26.3 Å². The van der Waals surface area contributed by atoms with Crippen LogP contribution >= 0.6 is 0 Å². The van der Waals surface area contributed by atoms with Gasteiger partial charge in [-0.25, -0.2) is 4.79 Å². The highest BCUT2D eigenvalue weighted by Gasteiger charge is 2.23. The predicted octanol–water partition coefficient (Wildman–Crippen LogP) is 3.68. The summed E-state index contributed by atoms with van der Waals surface area (Å²) in [4.78, 5) is 14.5. The molecule has 0 spiro atoms. The van der Waals surface area contributed by atoms with Crippen molar-refractivity contribution >= 4 is 22.9 Å². The monoisotopic (exact) mass is 243 g/mol. The van der Waals surface area contributed by atoms with E-state index in [1.807, 2.05) is 51.2 Å². The van der Waals surface area contributed by atoms with E-state index < -0.39 is 5.97 Å². The van der Waals surface area contributed by atoms with Crippen LogP contribution in [-0.2, 0) is 4.79 Å². The lowest BCUT2D eigenvalue weighted by atomic mass is 9.85. The van der Waals surface area contributed by atoms with Crippen molar-refractivity contribution in [1.82, 2.24) is 4.98 Å². The van der Waals surface area contributed by atoms with Gasteiger partial charge in [-0.15, -0.1) is 0 Å². The molecule has 2 rings (SSSR count). The zero-order valence-electron chi connectivity index (χ0n) is 10.8. The molecule has 1 aromatic heterocycles. The normalized spacial score (nSPS) is 12.9. The second kappa shape index (κ2) is 4.33. The number of benzene rings is 1. The van der Waals surface area contributed by atoms with Gasteiger partial charge in [-0.05, 0) is 29.2 Å². The first-order valence-corrected chi connectivity index (χ1v) is 5.91. The van der Waals surface area contributed by atoms with Crippen LogP contribution in [-0.4, -0.2) is 16.1 Å². The van der Waals surface area contributed by atoms with E-state index in [0.29, 0.717) is 5.57 Å². The summed E-state index contributed by atoms with van der Waals surface area (Å²) in [6.45, 7) is 5.72. The molecule has 0 saturated heterocycles. The van der Waals surface area contributed by atoms with Gasteiger partial charge in [-0.1, -0.05) is 32.9 Å². The van der Waals surface area contributed by atoms with Crippen LogP contribution in [0.4, 0.5) is 0 Å². The first-order valence-electron chi connectivity index (χ1n) is 5.91. The largest absolute Gasteiger partial charge is 0.478 e. The van der Waals surface area contributed by atoms with Crippen molar-refractivity contribution in [2.24, 2.45) is 5.41 Å². The Kier molecular flexibility index (Phi) is 2.99. The van der Waals surface area contributed by atoms with Crippen molar-refractivity contribution in [3.8, 4) is 0 Å². The lowest BCUT2D eigenvalue weighted by molar-refractivity contribution is -0.133. The molecule has 18 heavy (non-hydrogen) atoms. The molecule has 0 bridgehead atoms. The van der Waals surface area contributed by atoms with Gasteiger partial charge in [0.2, 0.25) is 0 Å². The van der Waals surface area contributed by atoms with Crippen LogP contribution in [0.5, 0.6) is 0 Å². The minimum Gasteiger partial charge on any atom is -0.478 e. The van der Waals surface area contributed by atoms with E-state index in [2.05, 4.69) is 4.98 Å². The number of carbonyl (C=O) groups is 1. The number of aromatic nitrogens is 1. The summed E-state index contributed by atoms with van der Waals surface area (Å²) in [7, 11) is 0. The van der Waals surface area contributed by atoms with E-state index >= 15 is 0 Å². The minimum absolute atomic E-state index is 0.385. The summed E-state index contributed by atoms with van der Waals surface area (Å²) in [6, 6.07) is 7.80. The Labute approximate surface area is 106 Å². The van der Waals surface area contributed by atoms with Crippen LogP contribution in [0, 0.1) is 5.41 Å². The molecular formula is C15H17NO2. The van der Waals surface area contributed by atoms with Gasteiger partial charge in [-0.2, -0.15) is 0 Å². The van der Waals surface area contributed by atoms with Crippen molar-refractivity contribution in [3.05, 3.63) is 41.6 Å². The minimum atomic E-state index is -0.866. The second-order valence-corrected chi connectivity index (χ2v) is 5.40. The third-order valence-corrected chi connectivity index (χ3v) is 2.97. The fourth-order valence-corrected chi connectivity index (χ4v) is 1.99. The number of hydrogen-bond acceptors (Lipinski definition) is 1. The highest BCUT2D eigenvalue weighted by molar-refractivity contribution is 5.97. The van der Waals surface area contributed by atoms with Crippen LogP contribution in [0.15, 0.2) is 36.0 Å². The topological polar surface area (TPSA) is 53.1 Å². The Hall–Kier alpha value is -2.03. The maximum Gasteiger partial charge on any atom is 0.332 e. The number of fused-ring (bicyclic) bond motifs is 1. The fraction of sp³-hybridized carbons (Fsp3) is 0.267. The number of carboxylic acids is 1. The SMILES string of the molecule is CC(C)(C)/C(=C\c1cccc2[nH]ccc12)C(=O)O. The van der Waals surface area contributed by atoms with Gasteiger partial charge in [0.15, 0.2) is 0 Å². The van der Waals surface area contributed by atoms with E-state index in [9.17, 15) is 9.90 Å². The summed E-state index contributed by atoms with van der Waals surface area (Å²) < 4.78 is 0. The number of aromatic amines is 1. The zero-order chi connectivity index (χ0) is 13.3. The van der Waals surface area contributed by atoms with Gasteiger partial charge in [-0.3, -0.25) is 0 Å². The van der Waals surface area contributed by atoms with Crippen molar-refractivity contribution in [3.63, 3.8) is 0 Å². The Morgan fingerprint density at radius 3 is 2.61 bits per heavy atom. The first kappa shape index (κ1) is 12.4. The molecule has 0 saturated carbocycles. The van der Waals surface area contributed by atoms with Gasteiger partial charge in [0, 0.05) is 22.7 Å². The molecule has 0 atom stereocenters. The fourth-order valence-electron chi connectivity index (χ4n) is 1.99. The lowest BCUT2D eigenvalue weighted by Gasteiger charge is -2.19. The van der Waals surface area contributed by atoms with Crippen molar-refractivity contribution in [2.75, 3.05) is 0 Å². The quantitative estimate of drug-likeness (QED) is 0.790. The maximum atomic E-state index is 11.3. The molecule has 0 radical (unpaired) electrons. The third-order valence-electron chi connectivity index (χ3n) is 2.97. The van der Waals surface area contributed by atoms with E-state index in [4.69, 9.17) is 0 Å². The van der Waals surface area contributed by atoms with Crippen LogP contribution in [0.2, 0.25) is 0 Å². The molecule has 2 aromatic rings. The lowest BCUT2D eigenvalue weighted by Crippen LogP contribution is -2.17. The summed E-state index contributed by atoms with van der Waals surface area (Å²) in [5.74, 6) is -0.866. The van der Waals surface area contributed by atoms with Gasteiger partial charge in [0.05, 0.1) is 0 Å². The van der Waals surface area contributed by atoms with Gasteiger partial charge >= 0.3 is 5.97 Å². The average Bonchev–Trinajstić information content (AvgIpc) is 2.72. The standard InChI is InChI=1S/C15H17NO2/c1-15(2,3)12(14(17)18)9-10-5-4-6-13-11(10)7-8-16-13/h4-9,16H,1-3H3,(H,17,18)/b12-9-. The summed E-state index contributed by atoms with van der Waals surface area (Å²) in [5, 5.41) is 10.4. The number of carboxylic acid groups (broad SMARTS) is 1. The van der Waals surface area contributed by atoms with Crippen molar-refractivity contribution in [2.45, 2.75) is 20.8 Å². The molecule has 94 valence electrons. The maximum absolute atomic E-state index is 11.3. The van der Waals surface area contributed by atoms with Gasteiger partial charge in [0.1, 0.15) is 0 Å². The summed E-state index contributed by atoms with van der Waals surface area (Å²) in [6.07, 6.45) is 3.62. The Morgan fingerprint density at radius 1 is 1.28 bits per heavy atom. The predicted molar refractivity (Wildman–Crippen MR) is 73.4 cm³/mol. The molecule has 0 aliphatic rings. The summed E-state index contributed by atoms with van der Waals surface area (Å²) in [5.41, 5.74) is 1.98. The Morgan fingerprint density at radius 2 is 2.00 bits per heavy atom. The second-order valence-electron chi connectivity index (χ2n) is 5.40. The first-order chi connectivity index (χ1) is 8.39. The molecule has 0 aliphatic carbocycles. The third kappa shape index (κ3) is 2.30. The highest BCUT2D eigenvalue weighted by Crippen LogP contribution is 2.29. The average molecular weight is 243 g/mol. The van der Waals surface area contributed by atoms with Crippen molar-refractivity contribution in [1.29, 1.82) is 0 Å². The molecule has 3 nitrogen and oxygen atoms in total. The molecule has 2 N–H and O–H groups in total.